The third kappa shape index (κ3) is 2.55. The lowest BCUT2D eigenvalue weighted by Crippen LogP contribution is -2.33. The van der Waals surface area contributed by atoms with Crippen molar-refractivity contribution in [1.82, 2.24) is 4.98 Å². The molecule has 1 atom stereocenters. The maximum atomic E-state index is 5.85. The van der Waals surface area contributed by atoms with E-state index in [1.807, 2.05) is 13.1 Å². The van der Waals surface area contributed by atoms with Crippen molar-refractivity contribution < 1.29 is 0 Å². The largest absolute Gasteiger partial charge is 0.348 e. The van der Waals surface area contributed by atoms with E-state index < -0.39 is 0 Å². The molecule has 0 aliphatic carbocycles. The second kappa shape index (κ2) is 5.15. The first-order valence-corrected chi connectivity index (χ1v) is 6.98. The highest BCUT2D eigenvalue weighted by Crippen LogP contribution is 2.30. The number of nitrogens with zero attached hydrogens (tertiary/aromatic N) is 2. The van der Waals surface area contributed by atoms with Gasteiger partial charge in [-0.15, -0.1) is 11.3 Å². The summed E-state index contributed by atoms with van der Waals surface area (Å²) in [6.45, 7) is 6.62. The number of thiazole rings is 1. The lowest BCUT2D eigenvalue weighted by atomic mass is 9.95. The molecule has 1 aliphatic heterocycles. The van der Waals surface area contributed by atoms with Crippen molar-refractivity contribution in [2.75, 3.05) is 18.0 Å². The smallest absolute Gasteiger partial charge is 0.185 e. The Morgan fingerprint density at radius 1 is 1.56 bits per heavy atom. The minimum absolute atomic E-state index is 0.111. The van der Waals surface area contributed by atoms with Crippen LogP contribution in [0, 0.1) is 5.92 Å². The van der Waals surface area contributed by atoms with Gasteiger partial charge < -0.3 is 10.6 Å². The number of nitrogens with two attached hydrogens (primary N) is 1. The molecule has 0 aromatic carbocycles. The summed E-state index contributed by atoms with van der Waals surface area (Å²) in [6.07, 6.45) is 5.86. The standard InChI is InChI=1S/C12H21N3S/c1-3-10-4-6-15(7-5-10)12-14-8-11(16-12)9(2)13/h8-10H,3-7,13H2,1-2H3. The number of hydrogen-bond acceptors (Lipinski definition) is 4. The second-order valence-electron chi connectivity index (χ2n) is 4.67. The first kappa shape index (κ1) is 11.9. The molecule has 1 saturated heterocycles. The quantitative estimate of drug-likeness (QED) is 0.882. The van der Waals surface area contributed by atoms with Gasteiger partial charge in [-0.05, 0) is 25.7 Å². The summed E-state index contributed by atoms with van der Waals surface area (Å²) in [5.41, 5.74) is 5.85. The van der Waals surface area contributed by atoms with Gasteiger partial charge in [0, 0.05) is 30.2 Å². The molecule has 2 rings (SSSR count). The minimum Gasteiger partial charge on any atom is -0.348 e. The monoisotopic (exact) mass is 239 g/mol. The Hall–Kier alpha value is -0.610. The molecule has 0 amide bonds. The summed E-state index contributed by atoms with van der Waals surface area (Å²) in [5, 5.41) is 1.15. The van der Waals surface area contributed by atoms with E-state index in [2.05, 4.69) is 16.8 Å². The van der Waals surface area contributed by atoms with E-state index in [-0.39, 0.29) is 6.04 Å². The van der Waals surface area contributed by atoms with E-state index in [1.54, 1.807) is 11.3 Å². The third-order valence-corrected chi connectivity index (χ3v) is 4.68. The van der Waals surface area contributed by atoms with Crippen molar-refractivity contribution in [1.29, 1.82) is 0 Å². The van der Waals surface area contributed by atoms with Crippen molar-refractivity contribution >= 4 is 16.5 Å². The molecule has 1 aliphatic rings. The number of hydrogen-bond donors (Lipinski definition) is 1. The molecular formula is C12H21N3S. The van der Waals surface area contributed by atoms with Gasteiger partial charge in [-0.1, -0.05) is 13.3 Å². The second-order valence-corrected chi connectivity index (χ2v) is 5.71. The van der Waals surface area contributed by atoms with E-state index in [0.29, 0.717) is 0 Å². The molecule has 1 unspecified atom stereocenters. The topological polar surface area (TPSA) is 42.2 Å². The molecule has 0 bridgehead atoms. The van der Waals surface area contributed by atoms with Crippen molar-refractivity contribution in [3.63, 3.8) is 0 Å². The Labute approximate surface area is 102 Å². The van der Waals surface area contributed by atoms with Crippen LogP contribution in [-0.4, -0.2) is 18.1 Å². The minimum atomic E-state index is 0.111. The Morgan fingerprint density at radius 2 is 2.25 bits per heavy atom. The number of piperidine rings is 1. The van der Waals surface area contributed by atoms with Gasteiger partial charge >= 0.3 is 0 Å². The van der Waals surface area contributed by atoms with Gasteiger partial charge in [-0.25, -0.2) is 4.98 Å². The van der Waals surface area contributed by atoms with Crippen molar-refractivity contribution in [3.8, 4) is 0 Å². The van der Waals surface area contributed by atoms with E-state index in [9.17, 15) is 0 Å². The molecule has 1 aromatic rings. The fourth-order valence-corrected chi connectivity index (χ4v) is 3.09. The molecule has 16 heavy (non-hydrogen) atoms. The Balaban J connectivity index is 1.97. The van der Waals surface area contributed by atoms with Crippen LogP contribution in [0.1, 0.15) is 44.0 Å². The van der Waals surface area contributed by atoms with Crippen molar-refractivity contribution in [3.05, 3.63) is 11.1 Å². The van der Waals surface area contributed by atoms with Gasteiger partial charge in [-0.3, -0.25) is 0 Å². The van der Waals surface area contributed by atoms with Gasteiger partial charge in [0.05, 0.1) is 0 Å². The van der Waals surface area contributed by atoms with E-state index in [0.717, 1.165) is 24.1 Å². The highest BCUT2D eigenvalue weighted by Gasteiger charge is 2.20. The molecule has 0 spiro atoms. The highest BCUT2D eigenvalue weighted by atomic mass is 32.1. The summed E-state index contributed by atoms with van der Waals surface area (Å²) in [7, 11) is 0. The zero-order valence-corrected chi connectivity index (χ0v) is 11.0. The molecule has 2 heterocycles. The van der Waals surface area contributed by atoms with Crippen LogP contribution in [0.25, 0.3) is 0 Å². The first-order chi connectivity index (χ1) is 7.70. The maximum Gasteiger partial charge on any atom is 0.185 e. The van der Waals surface area contributed by atoms with Gasteiger partial charge in [0.1, 0.15) is 0 Å². The third-order valence-electron chi connectivity index (χ3n) is 3.42. The normalized spacial score (nSPS) is 20.1. The zero-order valence-electron chi connectivity index (χ0n) is 10.1. The highest BCUT2D eigenvalue weighted by molar-refractivity contribution is 7.15. The van der Waals surface area contributed by atoms with Crippen LogP contribution >= 0.6 is 11.3 Å². The van der Waals surface area contributed by atoms with Crippen LogP contribution in [0.15, 0.2) is 6.20 Å². The number of anilines is 1. The van der Waals surface area contributed by atoms with E-state index in [1.165, 1.54) is 24.1 Å². The molecule has 90 valence electrons. The number of rotatable bonds is 3. The molecule has 1 fully saturated rings. The van der Waals surface area contributed by atoms with Crippen LogP contribution in [0.5, 0.6) is 0 Å². The lowest BCUT2D eigenvalue weighted by Gasteiger charge is -2.31. The zero-order chi connectivity index (χ0) is 11.5. The van der Waals surface area contributed by atoms with Gasteiger partial charge in [0.25, 0.3) is 0 Å². The average molecular weight is 239 g/mol. The van der Waals surface area contributed by atoms with Crippen LogP contribution in [-0.2, 0) is 0 Å². The fraction of sp³-hybridized carbons (Fsp3) is 0.750. The molecular weight excluding hydrogens is 218 g/mol. The van der Waals surface area contributed by atoms with Gasteiger partial charge in [0.15, 0.2) is 5.13 Å². The molecule has 0 radical (unpaired) electrons. The fourth-order valence-electron chi connectivity index (χ4n) is 2.17. The van der Waals surface area contributed by atoms with Crippen LogP contribution in [0.3, 0.4) is 0 Å². The summed E-state index contributed by atoms with van der Waals surface area (Å²) < 4.78 is 0. The molecule has 0 saturated carbocycles. The molecule has 1 aromatic heterocycles. The summed E-state index contributed by atoms with van der Waals surface area (Å²) in [6, 6.07) is 0.111. The summed E-state index contributed by atoms with van der Waals surface area (Å²) in [5.74, 6) is 0.920. The predicted octanol–water partition coefficient (Wildman–Crippen LogP) is 2.79. The SMILES string of the molecule is CCC1CCN(c2ncc(C(C)N)s2)CC1. The molecule has 3 nitrogen and oxygen atoms in total. The van der Waals surface area contributed by atoms with Gasteiger partial charge in [0.2, 0.25) is 0 Å². The molecule has 2 N–H and O–H groups in total. The predicted molar refractivity (Wildman–Crippen MR) is 69.9 cm³/mol. The van der Waals surface area contributed by atoms with Crippen molar-refractivity contribution in [2.45, 2.75) is 39.2 Å². The first-order valence-electron chi connectivity index (χ1n) is 6.17. The number of aromatic nitrogens is 1. The average Bonchev–Trinajstić information content (AvgIpc) is 2.78. The Kier molecular flexibility index (Phi) is 3.82. The van der Waals surface area contributed by atoms with E-state index >= 15 is 0 Å². The van der Waals surface area contributed by atoms with Gasteiger partial charge in [-0.2, -0.15) is 0 Å². The Bertz CT molecular complexity index is 327. The van der Waals surface area contributed by atoms with Crippen LogP contribution < -0.4 is 10.6 Å². The summed E-state index contributed by atoms with van der Waals surface area (Å²) in [4.78, 5) is 8.07. The summed E-state index contributed by atoms with van der Waals surface area (Å²) >= 11 is 1.75. The van der Waals surface area contributed by atoms with Crippen LogP contribution in [0.2, 0.25) is 0 Å². The van der Waals surface area contributed by atoms with Crippen LogP contribution in [0.4, 0.5) is 5.13 Å². The van der Waals surface area contributed by atoms with Crippen molar-refractivity contribution in [2.24, 2.45) is 11.7 Å². The Morgan fingerprint density at radius 3 is 2.75 bits per heavy atom. The maximum absolute atomic E-state index is 5.85. The molecule has 4 heteroatoms. The lowest BCUT2D eigenvalue weighted by molar-refractivity contribution is 0.395. The van der Waals surface area contributed by atoms with E-state index in [4.69, 9.17) is 5.73 Å².